The van der Waals surface area contributed by atoms with Gasteiger partial charge in [-0.2, -0.15) is 18.2 Å². The zero-order valence-corrected chi connectivity index (χ0v) is 17.1. The predicted octanol–water partition coefficient (Wildman–Crippen LogP) is 2.98. The molecule has 0 spiro atoms. The SMILES string of the molecule is COc1ccc(C)cc1CCNC(=O)Cc1c(C)nc2nc(C(F)(F)F)nn2c1C. The van der Waals surface area contributed by atoms with Crippen LogP contribution in [0.15, 0.2) is 18.2 Å². The quantitative estimate of drug-likeness (QED) is 0.662. The first-order valence-electron chi connectivity index (χ1n) is 9.30. The number of ether oxygens (including phenoxy) is 1. The number of fused-ring (bicyclic) bond motifs is 1. The minimum atomic E-state index is -4.66. The topological polar surface area (TPSA) is 81.4 Å². The van der Waals surface area contributed by atoms with Crippen LogP contribution < -0.4 is 10.1 Å². The first-order chi connectivity index (χ1) is 14.1. The Hall–Kier alpha value is -3.17. The second-order valence-electron chi connectivity index (χ2n) is 7.00. The molecule has 0 aliphatic carbocycles. The van der Waals surface area contributed by atoms with Crippen molar-refractivity contribution in [1.29, 1.82) is 0 Å². The van der Waals surface area contributed by atoms with Crippen LogP contribution in [-0.4, -0.2) is 39.1 Å². The fourth-order valence-corrected chi connectivity index (χ4v) is 3.25. The number of carbonyl (C=O) groups is 1. The van der Waals surface area contributed by atoms with Gasteiger partial charge in [-0.15, -0.1) is 5.10 Å². The van der Waals surface area contributed by atoms with Gasteiger partial charge in [0, 0.05) is 23.5 Å². The van der Waals surface area contributed by atoms with E-state index >= 15 is 0 Å². The summed E-state index contributed by atoms with van der Waals surface area (Å²) < 4.78 is 45.0. The van der Waals surface area contributed by atoms with Crippen molar-refractivity contribution in [2.45, 2.75) is 39.8 Å². The zero-order valence-electron chi connectivity index (χ0n) is 17.1. The molecule has 10 heteroatoms. The van der Waals surface area contributed by atoms with Gasteiger partial charge >= 0.3 is 6.18 Å². The molecule has 0 aliphatic rings. The summed E-state index contributed by atoms with van der Waals surface area (Å²) in [5, 5.41) is 6.33. The van der Waals surface area contributed by atoms with Crippen LogP contribution in [0.25, 0.3) is 5.78 Å². The molecule has 0 radical (unpaired) electrons. The number of carbonyl (C=O) groups excluding carboxylic acids is 1. The maximum Gasteiger partial charge on any atom is 0.453 e. The minimum Gasteiger partial charge on any atom is -0.496 e. The van der Waals surface area contributed by atoms with Gasteiger partial charge in [0.25, 0.3) is 11.6 Å². The summed E-state index contributed by atoms with van der Waals surface area (Å²) >= 11 is 0. The maximum absolute atomic E-state index is 12.9. The molecule has 30 heavy (non-hydrogen) atoms. The second kappa shape index (κ2) is 8.29. The van der Waals surface area contributed by atoms with E-state index in [4.69, 9.17) is 4.74 Å². The molecule has 2 aromatic heterocycles. The molecule has 1 amide bonds. The predicted molar refractivity (Wildman–Crippen MR) is 103 cm³/mol. The van der Waals surface area contributed by atoms with E-state index < -0.39 is 12.0 Å². The fraction of sp³-hybridized carbons (Fsp3) is 0.400. The average molecular weight is 421 g/mol. The Morgan fingerprint density at radius 3 is 2.60 bits per heavy atom. The van der Waals surface area contributed by atoms with E-state index in [0.717, 1.165) is 21.4 Å². The normalized spacial score (nSPS) is 11.7. The largest absolute Gasteiger partial charge is 0.496 e. The molecule has 3 aromatic rings. The lowest BCUT2D eigenvalue weighted by atomic mass is 10.1. The summed E-state index contributed by atoms with van der Waals surface area (Å²) in [5.41, 5.74) is 3.43. The summed E-state index contributed by atoms with van der Waals surface area (Å²) in [6.45, 7) is 5.60. The van der Waals surface area contributed by atoms with E-state index in [-0.39, 0.29) is 18.1 Å². The van der Waals surface area contributed by atoms with Gasteiger partial charge in [0.05, 0.1) is 13.5 Å². The number of halogens is 3. The number of methoxy groups -OCH3 is 1. The monoisotopic (exact) mass is 421 g/mol. The lowest BCUT2D eigenvalue weighted by Gasteiger charge is -2.12. The van der Waals surface area contributed by atoms with Crippen LogP contribution >= 0.6 is 0 Å². The number of nitrogens with zero attached hydrogens (tertiary/aromatic N) is 4. The molecule has 0 atom stereocenters. The standard InChI is InChI=1S/C20H22F3N5O2/c1-11-5-6-16(30-4)14(9-11)7-8-24-17(29)10-15-12(2)25-19-26-18(20(21,22)23)27-28(19)13(15)3/h5-6,9H,7-8,10H2,1-4H3,(H,24,29). The molecule has 160 valence electrons. The van der Waals surface area contributed by atoms with Crippen LogP contribution in [0, 0.1) is 20.8 Å². The van der Waals surface area contributed by atoms with Crippen molar-refractivity contribution in [3.05, 3.63) is 52.1 Å². The van der Waals surface area contributed by atoms with E-state index in [1.165, 1.54) is 0 Å². The molecule has 7 nitrogen and oxygen atoms in total. The second-order valence-corrected chi connectivity index (χ2v) is 7.00. The average Bonchev–Trinajstić information content (AvgIpc) is 3.10. The van der Waals surface area contributed by atoms with Gasteiger partial charge in [0.15, 0.2) is 0 Å². The molecule has 1 N–H and O–H groups in total. The molecule has 0 saturated carbocycles. The van der Waals surface area contributed by atoms with Gasteiger partial charge in [-0.25, -0.2) is 9.50 Å². The number of nitrogens with one attached hydrogen (secondary N) is 1. The molecule has 1 aromatic carbocycles. The van der Waals surface area contributed by atoms with Crippen LogP contribution in [0.5, 0.6) is 5.75 Å². The van der Waals surface area contributed by atoms with E-state index in [2.05, 4.69) is 20.4 Å². The number of aromatic nitrogens is 4. The van der Waals surface area contributed by atoms with Crippen LogP contribution in [0.1, 0.15) is 33.9 Å². The van der Waals surface area contributed by atoms with Crippen molar-refractivity contribution in [1.82, 2.24) is 24.9 Å². The molecular weight excluding hydrogens is 399 g/mol. The molecule has 0 saturated heterocycles. The number of rotatable bonds is 6. The first kappa shape index (κ1) is 21.5. The zero-order chi connectivity index (χ0) is 22.1. The van der Waals surface area contributed by atoms with Crippen LogP contribution in [-0.2, 0) is 23.8 Å². The highest BCUT2D eigenvalue weighted by Crippen LogP contribution is 2.27. The van der Waals surface area contributed by atoms with Crippen molar-refractivity contribution in [2.75, 3.05) is 13.7 Å². The van der Waals surface area contributed by atoms with E-state index in [1.54, 1.807) is 21.0 Å². The Morgan fingerprint density at radius 1 is 1.20 bits per heavy atom. The summed E-state index contributed by atoms with van der Waals surface area (Å²) in [5.74, 6) is -0.910. The summed E-state index contributed by atoms with van der Waals surface area (Å²) in [4.78, 5) is 19.9. The van der Waals surface area contributed by atoms with Crippen LogP contribution in [0.3, 0.4) is 0 Å². The highest BCUT2D eigenvalue weighted by atomic mass is 19.4. The maximum atomic E-state index is 12.9. The summed E-state index contributed by atoms with van der Waals surface area (Å²) in [7, 11) is 1.59. The Balaban J connectivity index is 1.71. The van der Waals surface area contributed by atoms with Gasteiger partial charge in [-0.1, -0.05) is 17.7 Å². The Bertz CT molecular complexity index is 1090. The minimum absolute atomic E-state index is 0.0211. The van der Waals surface area contributed by atoms with E-state index in [9.17, 15) is 18.0 Å². The van der Waals surface area contributed by atoms with Gasteiger partial charge < -0.3 is 10.1 Å². The highest BCUT2D eigenvalue weighted by molar-refractivity contribution is 5.79. The summed E-state index contributed by atoms with van der Waals surface area (Å²) in [6, 6.07) is 5.83. The molecule has 3 rings (SSSR count). The molecule has 0 bridgehead atoms. The van der Waals surface area contributed by atoms with Crippen molar-refractivity contribution in [3.63, 3.8) is 0 Å². The smallest absolute Gasteiger partial charge is 0.453 e. The van der Waals surface area contributed by atoms with Crippen LogP contribution in [0.4, 0.5) is 13.2 Å². The number of benzene rings is 1. The number of hydrogen-bond acceptors (Lipinski definition) is 5. The molecule has 2 heterocycles. The van der Waals surface area contributed by atoms with Gasteiger partial charge in [-0.05, 0) is 38.8 Å². The Labute approximate surface area is 171 Å². The fourth-order valence-electron chi connectivity index (χ4n) is 3.25. The van der Waals surface area contributed by atoms with Crippen molar-refractivity contribution in [2.24, 2.45) is 0 Å². The van der Waals surface area contributed by atoms with Crippen LogP contribution in [0.2, 0.25) is 0 Å². The highest BCUT2D eigenvalue weighted by Gasteiger charge is 2.37. The van der Waals surface area contributed by atoms with Crippen molar-refractivity contribution < 1.29 is 22.7 Å². The molecular formula is C20H22F3N5O2. The van der Waals surface area contributed by atoms with Gasteiger partial charge in [-0.3, -0.25) is 4.79 Å². The third-order valence-corrected chi connectivity index (χ3v) is 4.79. The molecule has 0 aliphatic heterocycles. The Kier molecular flexibility index (Phi) is 5.95. The lowest BCUT2D eigenvalue weighted by Crippen LogP contribution is -2.28. The Morgan fingerprint density at radius 2 is 1.93 bits per heavy atom. The van der Waals surface area contributed by atoms with E-state index in [0.29, 0.717) is 29.9 Å². The first-order valence-corrected chi connectivity index (χ1v) is 9.30. The number of amides is 1. The lowest BCUT2D eigenvalue weighted by molar-refractivity contribution is -0.144. The van der Waals surface area contributed by atoms with Gasteiger partial charge in [0.2, 0.25) is 5.91 Å². The van der Waals surface area contributed by atoms with Crippen molar-refractivity contribution >= 4 is 11.7 Å². The molecule has 0 fully saturated rings. The number of aryl methyl sites for hydroxylation is 3. The third-order valence-electron chi connectivity index (χ3n) is 4.79. The van der Waals surface area contributed by atoms with E-state index in [1.807, 2.05) is 25.1 Å². The molecule has 0 unspecified atom stereocenters. The van der Waals surface area contributed by atoms with Crippen molar-refractivity contribution in [3.8, 4) is 5.75 Å². The summed E-state index contributed by atoms with van der Waals surface area (Å²) in [6.07, 6.45) is -4.10. The third kappa shape index (κ3) is 4.52. The number of hydrogen-bond donors (Lipinski definition) is 1. The number of alkyl halides is 3. The van der Waals surface area contributed by atoms with Gasteiger partial charge in [0.1, 0.15) is 5.75 Å².